The van der Waals surface area contributed by atoms with Gasteiger partial charge in [-0.05, 0) is 61.7 Å². The number of nitrogens with two attached hydrogens (primary N) is 1. The van der Waals surface area contributed by atoms with E-state index < -0.39 is 15.8 Å². The van der Waals surface area contributed by atoms with E-state index in [0.29, 0.717) is 22.4 Å². The molecule has 0 saturated heterocycles. The number of hydrogen-bond donors (Lipinski definition) is 2. The predicted octanol–water partition coefficient (Wildman–Crippen LogP) is 3.13. The molecule has 0 radical (unpaired) electrons. The van der Waals surface area contributed by atoms with E-state index >= 15 is 0 Å². The zero-order valence-electron chi connectivity index (χ0n) is 12.1. The Morgan fingerprint density at radius 2 is 1.76 bits per heavy atom. The molecule has 0 spiro atoms. The molecule has 0 atom stereocenters. The van der Waals surface area contributed by atoms with Crippen LogP contribution >= 0.6 is 0 Å². The second kappa shape index (κ2) is 5.37. The van der Waals surface area contributed by atoms with Gasteiger partial charge in [0, 0.05) is 5.69 Å². The van der Waals surface area contributed by atoms with E-state index in [9.17, 15) is 12.8 Å². The molecule has 2 aromatic rings. The van der Waals surface area contributed by atoms with Crippen LogP contribution in [0.2, 0.25) is 0 Å². The smallest absolute Gasteiger partial charge is 0.262 e. The van der Waals surface area contributed by atoms with Gasteiger partial charge in [-0.3, -0.25) is 4.72 Å². The highest BCUT2D eigenvalue weighted by molar-refractivity contribution is 7.92. The topological polar surface area (TPSA) is 72.2 Å². The van der Waals surface area contributed by atoms with Crippen molar-refractivity contribution in [2.45, 2.75) is 25.7 Å². The Bertz CT molecular complexity index is 781. The molecule has 0 unspecified atom stereocenters. The highest BCUT2D eigenvalue weighted by atomic mass is 32.2. The average molecular weight is 308 g/mol. The van der Waals surface area contributed by atoms with Crippen molar-refractivity contribution >= 4 is 21.4 Å². The second-order valence-electron chi connectivity index (χ2n) is 5.05. The summed E-state index contributed by atoms with van der Waals surface area (Å²) in [4.78, 5) is 0.129. The molecule has 6 heteroatoms. The van der Waals surface area contributed by atoms with Crippen LogP contribution in [0.5, 0.6) is 0 Å². The Labute approximate surface area is 123 Å². The standard InChI is InChI=1S/C15H17FN2O2S/c1-9-6-12(16)8-13(7-9)18-21(19,20)15-10(2)4-5-14(17)11(15)3/h4-8,18H,17H2,1-3H3. The molecule has 0 bridgehead atoms. The number of sulfonamides is 1. The summed E-state index contributed by atoms with van der Waals surface area (Å²) in [5.74, 6) is -0.492. The summed E-state index contributed by atoms with van der Waals surface area (Å²) >= 11 is 0. The van der Waals surface area contributed by atoms with Gasteiger partial charge in [-0.25, -0.2) is 12.8 Å². The largest absolute Gasteiger partial charge is 0.398 e. The number of rotatable bonds is 3. The third-order valence-electron chi connectivity index (χ3n) is 3.21. The van der Waals surface area contributed by atoms with E-state index in [1.165, 1.54) is 6.07 Å². The average Bonchev–Trinajstić information content (AvgIpc) is 2.32. The number of nitrogen functional groups attached to an aromatic ring is 1. The van der Waals surface area contributed by atoms with Crippen LogP contribution in [0.3, 0.4) is 0 Å². The van der Waals surface area contributed by atoms with E-state index in [2.05, 4.69) is 4.72 Å². The maximum absolute atomic E-state index is 13.4. The maximum Gasteiger partial charge on any atom is 0.262 e. The normalized spacial score (nSPS) is 11.4. The first-order valence-corrected chi connectivity index (χ1v) is 7.85. The van der Waals surface area contributed by atoms with Crippen LogP contribution in [0.4, 0.5) is 15.8 Å². The van der Waals surface area contributed by atoms with Crippen LogP contribution in [-0.4, -0.2) is 8.42 Å². The Morgan fingerprint density at radius 3 is 2.38 bits per heavy atom. The summed E-state index contributed by atoms with van der Waals surface area (Å²) in [6.07, 6.45) is 0. The molecule has 2 aromatic carbocycles. The molecular weight excluding hydrogens is 291 g/mol. The van der Waals surface area contributed by atoms with Crippen molar-refractivity contribution in [1.29, 1.82) is 0 Å². The molecule has 0 saturated carbocycles. The third-order valence-corrected chi connectivity index (χ3v) is 4.88. The lowest BCUT2D eigenvalue weighted by atomic mass is 10.1. The number of benzene rings is 2. The fourth-order valence-corrected chi connectivity index (χ4v) is 3.80. The van der Waals surface area contributed by atoms with Crippen molar-refractivity contribution in [2.24, 2.45) is 0 Å². The fourth-order valence-electron chi connectivity index (χ4n) is 2.26. The van der Waals surface area contributed by atoms with Gasteiger partial charge in [0.1, 0.15) is 5.82 Å². The van der Waals surface area contributed by atoms with Crippen LogP contribution in [0.1, 0.15) is 16.7 Å². The van der Waals surface area contributed by atoms with Gasteiger partial charge in [0.05, 0.1) is 10.6 Å². The van der Waals surface area contributed by atoms with Gasteiger partial charge >= 0.3 is 0 Å². The van der Waals surface area contributed by atoms with E-state index in [1.807, 2.05) is 0 Å². The summed E-state index contributed by atoms with van der Waals surface area (Å²) in [7, 11) is -3.83. The molecule has 0 aromatic heterocycles. The van der Waals surface area contributed by atoms with E-state index in [4.69, 9.17) is 5.73 Å². The van der Waals surface area contributed by atoms with E-state index in [-0.39, 0.29) is 10.6 Å². The zero-order chi connectivity index (χ0) is 15.8. The van der Waals surface area contributed by atoms with Crippen LogP contribution < -0.4 is 10.5 Å². The van der Waals surface area contributed by atoms with Crippen molar-refractivity contribution in [1.82, 2.24) is 0 Å². The lowest BCUT2D eigenvalue weighted by Gasteiger charge is -2.14. The zero-order valence-corrected chi connectivity index (χ0v) is 12.9. The van der Waals surface area contributed by atoms with Gasteiger partial charge in [-0.2, -0.15) is 0 Å². The first-order chi connectivity index (χ1) is 9.70. The van der Waals surface area contributed by atoms with Gasteiger partial charge in [0.15, 0.2) is 0 Å². The van der Waals surface area contributed by atoms with Gasteiger partial charge in [-0.15, -0.1) is 0 Å². The molecule has 0 aliphatic rings. The van der Waals surface area contributed by atoms with Crippen LogP contribution in [0, 0.1) is 26.6 Å². The first kappa shape index (κ1) is 15.3. The van der Waals surface area contributed by atoms with E-state index in [0.717, 1.165) is 6.07 Å². The van der Waals surface area contributed by atoms with Crippen molar-refractivity contribution < 1.29 is 12.8 Å². The molecule has 0 aliphatic heterocycles. The quantitative estimate of drug-likeness (QED) is 0.856. The van der Waals surface area contributed by atoms with Gasteiger partial charge in [-0.1, -0.05) is 6.07 Å². The minimum Gasteiger partial charge on any atom is -0.398 e. The molecule has 2 rings (SSSR count). The molecule has 0 amide bonds. The summed E-state index contributed by atoms with van der Waals surface area (Å²) in [6.45, 7) is 5.03. The second-order valence-corrected chi connectivity index (χ2v) is 6.67. The number of hydrogen-bond acceptors (Lipinski definition) is 3. The highest BCUT2D eigenvalue weighted by Crippen LogP contribution is 2.27. The SMILES string of the molecule is Cc1cc(F)cc(NS(=O)(=O)c2c(C)ccc(N)c2C)c1. The number of aryl methyl sites for hydroxylation is 2. The fraction of sp³-hybridized carbons (Fsp3) is 0.200. The molecule has 21 heavy (non-hydrogen) atoms. The van der Waals surface area contributed by atoms with Crippen molar-refractivity contribution in [2.75, 3.05) is 10.5 Å². The Hall–Kier alpha value is -2.08. The molecule has 4 nitrogen and oxygen atoms in total. The maximum atomic E-state index is 13.4. The van der Waals surface area contributed by atoms with Crippen molar-refractivity contribution in [3.05, 3.63) is 52.8 Å². The highest BCUT2D eigenvalue weighted by Gasteiger charge is 2.21. The van der Waals surface area contributed by atoms with Gasteiger partial charge in [0.2, 0.25) is 0 Å². The Balaban J connectivity index is 2.51. The van der Waals surface area contributed by atoms with Crippen LogP contribution in [0.25, 0.3) is 0 Å². The van der Waals surface area contributed by atoms with Crippen LogP contribution in [-0.2, 0) is 10.0 Å². The third kappa shape index (κ3) is 3.16. The monoisotopic (exact) mass is 308 g/mol. The number of anilines is 2. The molecule has 0 fully saturated rings. The lowest BCUT2D eigenvalue weighted by molar-refractivity contribution is 0.600. The molecule has 3 N–H and O–H groups in total. The number of nitrogens with one attached hydrogen (secondary N) is 1. The Morgan fingerprint density at radius 1 is 1.10 bits per heavy atom. The molecular formula is C15H17FN2O2S. The summed E-state index contributed by atoms with van der Waals surface area (Å²) in [6, 6.07) is 7.34. The van der Waals surface area contributed by atoms with Gasteiger partial charge in [0.25, 0.3) is 10.0 Å². The minimum atomic E-state index is -3.83. The minimum absolute atomic E-state index is 0.129. The number of halogens is 1. The van der Waals surface area contributed by atoms with Gasteiger partial charge < -0.3 is 5.73 Å². The van der Waals surface area contributed by atoms with Crippen molar-refractivity contribution in [3.63, 3.8) is 0 Å². The summed E-state index contributed by atoms with van der Waals surface area (Å²) in [5, 5.41) is 0. The van der Waals surface area contributed by atoms with E-state index in [1.54, 1.807) is 39.0 Å². The first-order valence-electron chi connectivity index (χ1n) is 6.36. The Kier molecular flexibility index (Phi) is 3.91. The predicted molar refractivity (Wildman–Crippen MR) is 82.3 cm³/mol. The molecule has 0 heterocycles. The summed E-state index contributed by atoms with van der Waals surface area (Å²) < 4.78 is 40.8. The van der Waals surface area contributed by atoms with Crippen LogP contribution in [0.15, 0.2) is 35.2 Å². The summed E-state index contributed by atoms with van der Waals surface area (Å²) in [5.41, 5.74) is 8.06. The van der Waals surface area contributed by atoms with Crippen molar-refractivity contribution in [3.8, 4) is 0 Å². The molecule has 112 valence electrons. The molecule has 0 aliphatic carbocycles. The lowest BCUT2D eigenvalue weighted by Crippen LogP contribution is -2.16.